The molecule has 1 aromatic carbocycles. The lowest BCUT2D eigenvalue weighted by molar-refractivity contribution is 0.0963. The summed E-state index contributed by atoms with van der Waals surface area (Å²) in [4.78, 5) is 16.2. The van der Waals surface area contributed by atoms with Crippen molar-refractivity contribution in [3.8, 4) is 0 Å². The minimum atomic E-state index is -0.0549. The summed E-state index contributed by atoms with van der Waals surface area (Å²) >= 11 is 0. The molecule has 0 spiro atoms. The zero-order valence-electron chi connectivity index (χ0n) is 12.4. The first-order valence-electron chi connectivity index (χ1n) is 7.23. The molecule has 0 bridgehead atoms. The van der Waals surface area contributed by atoms with Crippen molar-refractivity contribution in [2.24, 2.45) is 0 Å². The van der Waals surface area contributed by atoms with Gasteiger partial charge in [0, 0.05) is 19.2 Å². The van der Waals surface area contributed by atoms with Gasteiger partial charge in [-0.1, -0.05) is 24.3 Å². The first-order valence-corrected chi connectivity index (χ1v) is 7.23. The first-order chi connectivity index (χ1) is 10.2. The summed E-state index contributed by atoms with van der Waals surface area (Å²) in [6, 6.07) is 7.73. The molecule has 4 heteroatoms. The number of hydrogen-bond donors (Lipinski definition) is 1. The average Bonchev–Trinajstić information content (AvgIpc) is 2.83. The van der Waals surface area contributed by atoms with Crippen molar-refractivity contribution >= 4 is 18.1 Å². The van der Waals surface area contributed by atoms with Gasteiger partial charge in [0.2, 0.25) is 0 Å². The fraction of sp³-hybridized carbons (Fsp3) is 0.294. The van der Waals surface area contributed by atoms with Crippen LogP contribution in [0.25, 0.3) is 12.2 Å². The topological polar surface area (TPSA) is 46.9 Å². The maximum atomic E-state index is 11.6. The molecule has 1 N–H and O–H groups in total. The molecule has 4 nitrogen and oxygen atoms in total. The minimum absolute atomic E-state index is 0.0549. The van der Waals surface area contributed by atoms with E-state index in [1.54, 1.807) is 7.05 Å². The Hall–Kier alpha value is -2.36. The standard InChI is InChI=1S/C17H19N3O/c1-12-19-15-5-3-4-6-16(15)20(12)11-13-7-9-14(10-8-13)17(21)18-2/h5-10H,3-4,11H2,1-2H3,(H,18,21). The lowest BCUT2D eigenvalue weighted by atomic mass is 10.1. The maximum Gasteiger partial charge on any atom is 0.251 e. The molecule has 0 fully saturated rings. The van der Waals surface area contributed by atoms with Crippen molar-refractivity contribution in [2.75, 3.05) is 7.05 Å². The second-order valence-corrected chi connectivity index (χ2v) is 5.28. The van der Waals surface area contributed by atoms with Crippen LogP contribution in [0.4, 0.5) is 0 Å². The molecule has 1 heterocycles. The smallest absolute Gasteiger partial charge is 0.251 e. The molecule has 108 valence electrons. The van der Waals surface area contributed by atoms with Gasteiger partial charge in [0.1, 0.15) is 5.82 Å². The molecule has 3 rings (SSSR count). The van der Waals surface area contributed by atoms with Crippen molar-refractivity contribution in [2.45, 2.75) is 26.3 Å². The van der Waals surface area contributed by atoms with Crippen molar-refractivity contribution in [1.82, 2.24) is 14.9 Å². The minimum Gasteiger partial charge on any atom is -0.355 e. The molecule has 2 aromatic rings. The summed E-state index contributed by atoms with van der Waals surface area (Å²) in [7, 11) is 1.64. The summed E-state index contributed by atoms with van der Waals surface area (Å²) in [5, 5.41) is 4.95. The predicted octanol–water partition coefficient (Wildman–Crippen LogP) is 0.954. The monoisotopic (exact) mass is 281 g/mol. The third-order valence-electron chi connectivity index (χ3n) is 3.85. The normalized spacial score (nSPS) is 13.0. The number of carbonyl (C=O) groups is 1. The summed E-state index contributed by atoms with van der Waals surface area (Å²) in [6.45, 7) is 2.82. The van der Waals surface area contributed by atoms with Gasteiger partial charge in [0.05, 0.1) is 10.7 Å². The highest BCUT2D eigenvalue weighted by Gasteiger charge is 2.08. The van der Waals surface area contributed by atoms with Gasteiger partial charge in [0.25, 0.3) is 5.91 Å². The number of aromatic nitrogens is 2. The lowest BCUT2D eigenvalue weighted by Gasteiger charge is -2.08. The molecular weight excluding hydrogens is 262 g/mol. The maximum absolute atomic E-state index is 11.6. The van der Waals surface area contributed by atoms with Crippen LogP contribution >= 0.6 is 0 Å². The van der Waals surface area contributed by atoms with Gasteiger partial charge in [-0.05, 0) is 37.5 Å². The summed E-state index contributed by atoms with van der Waals surface area (Å²) in [6.07, 6.45) is 6.61. The molecule has 0 atom stereocenters. The highest BCUT2D eigenvalue weighted by Crippen LogP contribution is 2.07. The molecule has 1 aliphatic rings. The number of fused-ring (bicyclic) bond motifs is 1. The summed E-state index contributed by atoms with van der Waals surface area (Å²) < 4.78 is 2.24. The van der Waals surface area contributed by atoms with Crippen LogP contribution in [0, 0.1) is 6.92 Å². The molecule has 1 amide bonds. The Morgan fingerprint density at radius 1 is 1.24 bits per heavy atom. The van der Waals surface area contributed by atoms with Crippen molar-refractivity contribution < 1.29 is 4.79 Å². The van der Waals surface area contributed by atoms with E-state index in [1.807, 2.05) is 31.2 Å². The van der Waals surface area contributed by atoms with Crippen LogP contribution in [0.3, 0.4) is 0 Å². The first kappa shape index (κ1) is 13.6. The van der Waals surface area contributed by atoms with E-state index in [4.69, 9.17) is 0 Å². The molecule has 0 unspecified atom stereocenters. The summed E-state index contributed by atoms with van der Waals surface area (Å²) in [5.74, 6) is 0.977. The fourth-order valence-electron chi connectivity index (χ4n) is 2.70. The zero-order chi connectivity index (χ0) is 14.8. The predicted molar refractivity (Wildman–Crippen MR) is 83.3 cm³/mol. The van der Waals surface area contributed by atoms with Crippen LogP contribution in [0.15, 0.2) is 24.3 Å². The second-order valence-electron chi connectivity index (χ2n) is 5.28. The van der Waals surface area contributed by atoms with Crippen molar-refractivity contribution in [3.63, 3.8) is 0 Å². The van der Waals surface area contributed by atoms with Crippen LogP contribution in [0.5, 0.6) is 0 Å². The largest absolute Gasteiger partial charge is 0.355 e. The molecule has 0 aliphatic heterocycles. The third kappa shape index (κ3) is 2.61. The van der Waals surface area contributed by atoms with Gasteiger partial charge < -0.3 is 9.88 Å². The van der Waals surface area contributed by atoms with E-state index in [-0.39, 0.29) is 5.91 Å². The van der Waals surface area contributed by atoms with Crippen LogP contribution in [0.1, 0.15) is 34.6 Å². The molecule has 21 heavy (non-hydrogen) atoms. The van der Waals surface area contributed by atoms with E-state index < -0.39 is 0 Å². The molecule has 1 aromatic heterocycles. The number of carbonyl (C=O) groups excluding carboxylic acids is 1. The highest BCUT2D eigenvalue weighted by atomic mass is 16.1. The van der Waals surface area contributed by atoms with Crippen molar-refractivity contribution in [3.05, 3.63) is 51.9 Å². The number of amides is 1. The molecule has 0 radical (unpaired) electrons. The SMILES string of the molecule is CNC(=O)c1ccc(Cn2c(C)nc3c2=CCCC=3)cc1. The quantitative estimate of drug-likeness (QED) is 0.910. The van der Waals surface area contributed by atoms with Crippen LogP contribution in [-0.4, -0.2) is 22.5 Å². The van der Waals surface area contributed by atoms with Crippen LogP contribution < -0.4 is 16.0 Å². The molecule has 1 aliphatic carbocycles. The highest BCUT2D eigenvalue weighted by molar-refractivity contribution is 5.93. The Kier molecular flexibility index (Phi) is 3.60. The van der Waals surface area contributed by atoms with E-state index in [9.17, 15) is 4.79 Å². The number of nitrogens with one attached hydrogen (secondary N) is 1. The van der Waals surface area contributed by atoms with E-state index in [1.165, 1.54) is 10.9 Å². The van der Waals surface area contributed by atoms with Gasteiger partial charge in [0.15, 0.2) is 0 Å². The molecule has 0 saturated heterocycles. The van der Waals surface area contributed by atoms with Crippen LogP contribution in [0.2, 0.25) is 0 Å². The van der Waals surface area contributed by atoms with Crippen LogP contribution in [-0.2, 0) is 6.54 Å². The van der Waals surface area contributed by atoms with E-state index in [2.05, 4.69) is 27.0 Å². The van der Waals surface area contributed by atoms with Gasteiger partial charge >= 0.3 is 0 Å². The average molecular weight is 281 g/mol. The third-order valence-corrected chi connectivity index (χ3v) is 3.85. The van der Waals surface area contributed by atoms with E-state index in [0.717, 1.165) is 30.6 Å². The van der Waals surface area contributed by atoms with Gasteiger partial charge in [-0.3, -0.25) is 4.79 Å². The number of benzene rings is 1. The number of imidazole rings is 1. The Balaban J connectivity index is 1.91. The Morgan fingerprint density at radius 2 is 1.95 bits per heavy atom. The lowest BCUT2D eigenvalue weighted by Crippen LogP contribution is -2.32. The number of hydrogen-bond acceptors (Lipinski definition) is 2. The Morgan fingerprint density at radius 3 is 2.67 bits per heavy atom. The number of rotatable bonds is 3. The van der Waals surface area contributed by atoms with Crippen molar-refractivity contribution in [1.29, 1.82) is 0 Å². The van der Waals surface area contributed by atoms with Gasteiger partial charge in [-0.15, -0.1) is 0 Å². The van der Waals surface area contributed by atoms with Gasteiger partial charge in [-0.25, -0.2) is 4.98 Å². The number of nitrogens with zero attached hydrogens (tertiary/aromatic N) is 2. The number of aryl methyl sites for hydroxylation is 1. The molecule has 0 saturated carbocycles. The van der Waals surface area contributed by atoms with E-state index in [0.29, 0.717) is 5.56 Å². The Labute approximate surface area is 123 Å². The molecular formula is C17H19N3O. The second kappa shape index (κ2) is 5.56. The zero-order valence-corrected chi connectivity index (χ0v) is 12.4. The Bertz CT molecular complexity index is 785. The fourth-order valence-corrected chi connectivity index (χ4v) is 2.70. The summed E-state index contributed by atoms with van der Waals surface area (Å²) in [5.41, 5.74) is 1.86. The van der Waals surface area contributed by atoms with E-state index >= 15 is 0 Å². The van der Waals surface area contributed by atoms with Gasteiger partial charge in [-0.2, -0.15) is 0 Å².